The lowest BCUT2D eigenvalue weighted by atomic mass is 10.2. The minimum Gasteiger partial charge on any atom is -0.465 e. The van der Waals surface area contributed by atoms with Gasteiger partial charge in [0.2, 0.25) is 0 Å². The molecular formula is C10H15NO3S. The third kappa shape index (κ3) is 3.30. The quantitative estimate of drug-likeness (QED) is 0.764. The van der Waals surface area contributed by atoms with Crippen LogP contribution in [0.25, 0.3) is 0 Å². The molecule has 0 bridgehead atoms. The Morgan fingerprint density at radius 2 is 2.40 bits per heavy atom. The molecule has 1 rings (SSSR count). The number of likely N-dealkylation sites (N-methyl/N-ethyl adjacent to an activating group) is 1. The topological polar surface area (TPSA) is 49.8 Å². The molecular weight excluding hydrogens is 214 g/mol. The first kappa shape index (κ1) is 12.2. The number of aliphatic hydroxyl groups is 1. The van der Waals surface area contributed by atoms with Crippen LogP contribution in [0.15, 0.2) is 11.4 Å². The second kappa shape index (κ2) is 5.85. The molecule has 0 aliphatic heterocycles. The number of carbonyl (C=O) groups is 1. The van der Waals surface area contributed by atoms with Gasteiger partial charge in [-0.05, 0) is 24.1 Å². The largest absolute Gasteiger partial charge is 0.465 e. The minimum absolute atomic E-state index is 0.119. The summed E-state index contributed by atoms with van der Waals surface area (Å²) in [7, 11) is 3.28. The zero-order valence-corrected chi connectivity index (χ0v) is 9.71. The molecule has 0 saturated heterocycles. The van der Waals surface area contributed by atoms with E-state index in [0.717, 1.165) is 5.56 Å². The predicted molar refractivity (Wildman–Crippen MR) is 59.1 cm³/mol. The van der Waals surface area contributed by atoms with E-state index in [0.29, 0.717) is 18.0 Å². The van der Waals surface area contributed by atoms with Gasteiger partial charge in [-0.3, -0.25) is 4.90 Å². The summed E-state index contributed by atoms with van der Waals surface area (Å²) in [4.78, 5) is 13.9. The highest BCUT2D eigenvalue weighted by Crippen LogP contribution is 2.19. The van der Waals surface area contributed by atoms with E-state index in [4.69, 9.17) is 5.11 Å². The number of methoxy groups -OCH3 is 1. The van der Waals surface area contributed by atoms with Gasteiger partial charge in [0.25, 0.3) is 0 Å². The van der Waals surface area contributed by atoms with Crippen LogP contribution in [0.2, 0.25) is 0 Å². The molecule has 0 spiro atoms. The summed E-state index contributed by atoms with van der Waals surface area (Å²) >= 11 is 1.38. The van der Waals surface area contributed by atoms with E-state index in [1.54, 1.807) is 0 Å². The Balaban J connectivity index is 2.68. The van der Waals surface area contributed by atoms with Crippen LogP contribution in [0.3, 0.4) is 0 Å². The van der Waals surface area contributed by atoms with Crippen molar-refractivity contribution in [2.24, 2.45) is 0 Å². The van der Waals surface area contributed by atoms with Crippen LogP contribution in [0.1, 0.15) is 15.2 Å². The molecule has 0 fully saturated rings. The molecule has 0 saturated carbocycles. The average molecular weight is 229 g/mol. The van der Waals surface area contributed by atoms with Crippen LogP contribution in [0.4, 0.5) is 0 Å². The summed E-state index contributed by atoms with van der Waals surface area (Å²) < 4.78 is 4.68. The third-order valence-corrected chi connectivity index (χ3v) is 2.98. The Morgan fingerprint density at radius 3 is 3.00 bits per heavy atom. The van der Waals surface area contributed by atoms with Crippen LogP contribution < -0.4 is 0 Å². The highest BCUT2D eigenvalue weighted by molar-refractivity contribution is 7.12. The van der Waals surface area contributed by atoms with Crippen molar-refractivity contribution < 1.29 is 14.6 Å². The van der Waals surface area contributed by atoms with Gasteiger partial charge in [-0.25, -0.2) is 4.79 Å². The number of carbonyl (C=O) groups excluding carboxylic acids is 1. The normalized spacial score (nSPS) is 10.7. The second-order valence-electron chi connectivity index (χ2n) is 3.23. The van der Waals surface area contributed by atoms with Gasteiger partial charge in [0.05, 0.1) is 13.7 Å². The monoisotopic (exact) mass is 229 g/mol. The fourth-order valence-electron chi connectivity index (χ4n) is 1.27. The van der Waals surface area contributed by atoms with E-state index in [9.17, 15) is 4.79 Å². The van der Waals surface area contributed by atoms with E-state index in [2.05, 4.69) is 4.74 Å². The predicted octanol–water partition coefficient (Wildman–Crippen LogP) is 0.959. The highest BCUT2D eigenvalue weighted by atomic mass is 32.1. The van der Waals surface area contributed by atoms with Crippen molar-refractivity contribution in [3.8, 4) is 0 Å². The number of ether oxygens (including phenoxy) is 1. The molecule has 0 radical (unpaired) electrons. The smallest absolute Gasteiger partial charge is 0.348 e. The van der Waals surface area contributed by atoms with E-state index in [1.807, 2.05) is 23.4 Å². The maximum Gasteiger partial charge on any atom is 0.348 e. The lowest BCUT2D eigenvalue weighted by Gasteiger charge is -2.14. The van der Waals surface area contributed by atoms with Crippen LogP contribution >= 0.6 is 11.3 Å². The van der Waals surface area contributed by atoms with E-state index in [-0.39, 0.29) is 12.6 Å². The standard InChI is InChI=1S/C10H15NO3S/c1-11(4-5-12)7-8-3-6-15-9(8)10(13)14-2/h3,6,12H,4-5,7H2,1-2H3. The van der Waals surface area contributed by atoms with E-state index < -0.39 is 0 Å². The Kier molecular flexibility index (Phi) is 4.74. The Labute approximate surface area is 93.1 Å². The molecule has 1 N–H and O–H groups in total. The van der Waals surface area contributed by atoms with Gasteiger partial charge in [0.15, 0.2) is 0 Å². The van der Waals surface area contributed by atoms with Gasteiger partial charge < -0.3 is 9.84 Å². The molecule has 4 nitrogen and oxygen atoms in total. The third-order valence-electron chi connectivity index (χ3n) is 2.04. The molecule has 1 aromatic rings. The van der Waals surface area contributed by atoms with E-state index >= 15 is 0 Å². The minimum atomic E-state index is -0.294. The van der Waals surface area contributed by atoms with Crippen molar-refractivity contribution in [2.75, 3.05) is 27.3 Å². The first-order chi connectivity index (χ1) is 7.19. The summed E-state index contributed by atoms with van der Waals surface area (Å²) in [5.41, 5.74) is 0.947. The van der Waals surface area contributed by atoms with Crippen LogP contribution in [0, 0.1) is 0 Å². The maximum atomic E-state index is 11.4. The van der Waals surface area contributed by atoms with Crippen molar-refractivity contribution in [1.82, 2.24) is 4.90 Å². The number of aliphatic hydroxyl groups excluding tert-OH is 1. The van der Waals surface area contributed by atoms with Crippen molar-refractivity contribution in [2.45, 2.75) is 6.54 Å². The van der Waals surface area contributed by atoms with Crippen molar-refractivity contribution >= 4 is 17.3 Å². The number of hydrogen-bond acceptors (Lipinski definition) is 5. The summed E-state index contributed by atoms with van der Waals surface area (Å²) in [6.45, 7) is 1.36. The fraction of sp³-hybridized carbons (Fsp3) is 0.500. The molecule has 1 aromatic heterocycles. The van der Waals surface area contributed by atoms with Gasteiger partial charge >= 0.3 is 5.97 Å². The molecule has 0 atom stereocenters. The summed E-state index contributed by atoms with van der Waals surface area (Å²) in [6.07, 6.45) is 0. The summed E-state index contributed by atoms with van der Waals surface area (Å²) in [5.74, 6) is -0.294. The summed E-state index contributed by atoms with van der Waals surface area (Å²) in [5, 5.41) is 10.6. The van der Waals surface area contributed by atoms with Gasteiger partial charge in [0.1, 0.15) is 4.88 Å². The molecule has 0 unspecified atom stereocenters. The van der Waals surface area contributed by atoms with Crippen molar-refractivity contribution in [3.63, 3.8) is 0 Å². The lowest BCUT2D eigenvalue weighted by molar-refractivity contribution is 0.0604. The Bertz CT molecular complexity index is 324. The van der Waals surface area contributed by atoms with Crippen LogP contribution in [0.5, 0.6) is 0 Å². The highest BCUT2D eigenvalue weighted by Gasteiger charge is 2.14. The first-order valence-corrected chi connectivity index (χ1v) is 5.51. The van der Waals surface area contributed by atoms with Gasteiger partial charge in [0, 0.05) is 13.1 Å². The van der Waals surface area contributed by atoms with Crippen LogP contribution in [-0.2, 0) is 11.3 Å². The van der Waals surface area contributed by atoms with Crippen LogP contribution in [-0.4, -0.2) is 43.3 Å². The number of rotatable bonds is 5. The molecule has 0 aliphatic carbocycles. The average Bonchev–Trinajstić information content (AvgIpc) is 2.65. The summed E-state index contributed by atoms with van der Waals surface area (Å²) in [6, 6.07) is 1.91. The second-order valence-corrected chi connectivity index (χ2v) is 4.14. The zero-order valence-electron chi connectivity index (χ0n) is 8.90. The molecule has 0 aliphatic rings. The first-order valence-electron chi connectivity index (χ1n) is 4.63. The Hall–Kier alpha value is -0.910. The SMILES string of the molecule is COC(=O)c1sccc1CN(C)CCO. The molecule has 15 heavy (non-hydrogen) atoms. The number of thiophene rings is 1. The molecule has 0 amide bonds. The number of hydrogen-bond donors (Lipinski definition) is 1. The Morgan fingerprint density at radius 1 is 1.67 bits per heavy atom. The lowest BCUT2D eigenvalue weighted by Crippen LogP contribution is -2.22. The van der Waals surface area contributed by atoms with Gasteiger partial charge in [-0.2, -0.15) is 0 Å². The molecule has 5 heteroatoms. The molecule has 84 valence electrons. The van der Waals surface area contributed by atoms with Crippen molar-refractivity contribution in [1.29, 1.82) is 0 Å². The van der Waals surface area contributed by atoms with Gasteiger partial charge in [-0.15, -0.1) is 11.3 Å². The maximum absolute atomic E-state index is 11.4. The van der Waals surface area contributed by atoms with Gasteiger partial charge in [-0.1, -0.05) is 0 Å². The van der Waals surface area contributed by atoms with E-state index in [1.165, 1.54) is 18.4 Å². The molecule has 1 heterocycles. The molecule has 0 aromatic carbocycles. The number of nitrogens with zero attached hydrogens (tertiary/aromatic N) is 1. The van der Waals surface area contributed by atoms with Crippen molar-refractivity contribution in [3.05, 3.63) is 21.9 Å². The zero-order chi connectivity index (χ0) is 11.3. The number of esters is 1. The fourth-order valence-corrected chi connectivity index (χ4v) is 2.10.